The Morgan fingerprint density at radius 3 is 2.48 bits per heavy atom. The molecule has 2 atom stereocenters. The van der Waals surface area contributed by atoms with E-state index in [1.165, 1.54) is 11.0 Å². The van der Waals surface area contributed by atoms with E-state index in [0.717, 1.165) is 31.3 Å². The summed E-state index contributed by atoms with van der Waals surface area (Å²) in [5.74, 6) is -1.54. The number of aryl methyl sites for hydroxylation is 1. The molecule has 154 valence electrons. The van der Waals surface area contributed by atoms with Gasteiger partial charge >= 0.3 is 0 Å². The van der Waals surface area contributed by atoms with Crippen molar-refractivity contribution in [2.45, 2.75) is 45.4 Å². The number of hydrogen-bond acceptors (Lipinski definition) is 3. The van der Waals surface area contributed by atoms with Crippen molar-refractivity contribution < 1.29 is 18.3 Å². The first-order valence-electron chi connectivity index (χ1n) is 10.2. The second-order valence-corrected chi connectivity index (χ2v) is 8.10. The molecule has 6 heteroatoms. The highest BCUT2D eigenvalue weighted by molar-refractivity contribution is 6.06. The Kier molecular flexibility index (Phi) is 5.65. The summed E-state index contributed by atoms with van der Waals surface area (Å²) in [4.78, 5) is 16.8. The first kappa shape index (κ1) is 20.0. The molecule has 2 aliphatic rings. The summed E-state index contributed by atoms with van der Waals surface area (Å²) >= 11 is 0. The van der Waals surface area contributed by atoms with E-state index < -0.39 is 11.6 Å². The normalized spacial score (nSPS) is 22.4. The van der Waals surface area contributed by atoms with Gasteiger partial charge in [-0.2, -0.15) is 0 Å². The van der Waals surface area contributed by atoms with Gasteiger partial charge in [-0.3, -0.25) is 9.69 Å². The van der Waals surface area contributed by atoms with Crippen LogP contribution in [0.5, 0.6) is 0 Å². The lowest BCUT2D eigenvalue weighted by atomic mass is 9.99. The fourth-order valence-electron chi connectivity index (χ4n) is 4.43. The summed E-state index contributed by atoms with van der Waals surface area (Å²) in [6.45, 7) is 7.14. The average molecular weight is 400 g/mol. The highest BCUT2D eigenvalue weighted by Crippen LogP contribution is 2.32. The van der Waals surface area contributed by atoms with Crippen LogP contribution in [0.3, 0.4) is 0 Å². The molecule has 4 nitrogen and oxygen atoms in total. The maximum absolute atomic E-state index is 14.4. The van der Waals surface area contributed by atoms with E-state index in [1.807, 2.05) is 12.1 Å². The fraction of sp³-hybridized carbons (Fsp3) is 0.435. The molecule has 4 rings (SSSR count). The summed E-state index contributed by atoms with van der Waals surface area (Å²) in [6, 6.07) is 9.65. The summed E-state index contributed by atoms with van der Waals surface area (Å²) in [6.07, 6.45) is 1.67. The van der Waals surface area contributed by atoms with Crippen LogP contribution < -0.4 is 4.90 Å². The first-order valence-corrected chi connectivity index (χ1v) is 10.2. The quantitative estimate of drug-likeness (QED) is 0.775. The van der Waals surface area contributed by atoms with Crippen molar-refractivity contribution in [2.75, 3.05) is 24.5 Å². The van der Waals surface area contributed by atoms with E-state index in [-0.39, 0.29) is 23.8 Å². The molecule has 1 saturated heterocycles. The van der Waals surface area contributed by atoms with Crippen LogP contribution in [0.4, 0.5) is 14.5 Å². The zero-order chi connectivity index (χ0) is 20.5. The minimum Gasteiger partial charge on any atom is -0.373 e. The Morgan fingerprint density at radius 1 is 1.10 bits per heavy atom. The van der Waals surface area contributed by atoms with Crippen LogP contribution in [0.25, 0.3) is 0 Å². The maximum atomic E-state index is 14.4. The number of carbonyl (C=O) groups is 1. The van der Waals surface area contributed by atoms with Gasteiger partial charge in [-0.25, -0.2) is 8.78 Å². The lowest BCUT2D eigenvalue weighted by molar-refractivity contribution is -0.0704. The smallest absolute Gasteiger partial charge is 0.258 e. The molecule has 0 aromatic heterocycles. The van der Waals surface area contributed by atoms with Gasteiger partial charge in [-0.1, -0.05) is 12.1 Å². The van der Waals surface area contributed by atoms with E-state index in [1.54, 1.807) is 12.1 Å². The van der Waals surface area contributed by atoms with Crippen molar-refractivity contribution in [1.82, 2.24) is 4.90 Å². The number of benzene rings is 2. The van der Waals surface area contributed by atoms with E-state index in [0.29, 0.717) is 30.5 Å². The Hall–Kier alpha value is -2.31. The summed E-state index contributed by atoms with van der Waals surface area (Å²) in [5, 5.41) is 0. The standard InChI is InChI=1S/C23H26F2N2O2/c1-15-12-26(13-16(2)29-15)14-17-5-7-18(8-6-17)23(28)27-9-3-4-19-10-20(24)11-21(25)22(19)27/h5-8,10-11,15-16H,3-4,9,12-14H2,1-2H3. The van der Waals surface area contributed by atoms with Crippen molar-refractivity contribution in [1.29, 1.82) is 0 Å². The molecule has 0 saturated carbocycles. The van der Waals surface area contributed by atoms with Crippen LogP contribution >= 0.6 is 0 Å². The van der Waals surface area contributed by atoms with Gasteiger partial charge < -0.3 is 9.64 Å². The van der Waals surface area contributed by atoms with Gasteiger partial charge in [0.1, 0.15) is 11.6 Å². The number of anilines is 1. The molecule has 29 heavy (non-hydrogen) atoms. The number of carbonyl (C=O) groups excluding carboxylic acids is 1. The molecule has 2 aromatic carbocycles. The zero-order valence-corrected chi connectivity index (χ0v) is 16.8. The number of hydrogen-bond donors (Lipinski definition) is 0. The number of morpholine rings is 1. The molecule has 2 heterocycles. The average Bonchev–Trinajstić information content (AvgIpc) is 2.66. The second-order valence-electron chi connectivity index (χ2n) is 8.10. The second kappa shape index (κ2) is 8.20. The Bertz CT molecular complexity index is 890. The van der Waals surface area contributed by atoms with Crippen LogP contribution in [0.2, 0.25) is 0 Å². The van der Waals surface area contributed by atoms with Crippen LogP contribution in [0.1, 0.15) is 41.8 Å². The SMILES string of the molecule is CC1CN(Cc2ccc(C(=O)N3CCCc4cc(F)cc(F)c43)cc2)CC(C)O1. The van der Waals surface area contributed by atoms with Crippen LogP contribution in [0.15, 0.2) is 36.4 Å². The third kappa shape index (κ3) is 4.33. The van der Waals surface area contributed by atoms with Gasteiger partial charge in [0.05, 0.1) is 17.9 Å². The molecule has 0 N–H and O–H groups in total. The number of ether oxygens (including phenoxy) is 1. The van der Waals surface area contributed by atoms with Crippen LogP contribution in [-0.2, 0) is 17.7 Å². The minimum absolute atomic E-state index is 0.207. The summed E-state index contributed by atoms with van der Waals surface area (Å²) in [5.41, 5.74) is 2.39. The highest BCUT2D eigenvalue weighted by atomic mass is 19.1. The lowest BCUT2D eigenvalue weighted by Crippen LogP contribution is -2.44. The van der Waals surface area contributed by atoms with E-state index in [4.69, 9.17) is 4.74 Å². The topological polar surface area (TPSA) is 32.8 Å². The summed E-state index contributed by atoms with van der Waals surface area (Å²) < 4.78 is 33.7. The van der Waals surface area contributed by atoms with Gasteiger partial charge in [0.2, 0.25) is 0 Å². The highest BCUT2D eigenvalue weighted by Gasteiger charge is 2.27. The lowest BCUT2D eigenvalue weighted by Gasteiger charge is -2.35. The fourth-order valence-corrected chi connectivity index (χ4v) is 4.43. The molecule has 2 unspecified atom stereocenters. The van der Waals surface area contributed by atoms with Gasteiger partial charge in [0, 0.05) is 37.8 Å². The molecule has 0 aliphatic carbocycles. The van der Waals surface area contributed by atoms with Crippen molar-refractivity contribution in [2.24, 2.45) is 0 Å². The molecular weight excluding hydrogens is 374 g/mol. The van der Waals surface area contributed by atoms with Crippen molar-refractivity contribution >= 4 is 11.6 Å². The molecule has 0 radical (unpaired) electrons. The van der Waals surface area contributed by atoms with Crippen LogP contribution in [-0.4, -0.2) is 42.6 Å². The Morgan fingerprint density at radius 2 is 1.79 bits per heavy atom. The van der Waals surface area contributed by atoms with Crippen LogP contribution in [0, 0.1) is 11.6 Å². The number of halogens is 2. The molecule has 0 spiro atoms. The van der Waals surface area contributed by atoms with Crippen molar-refractivity contribution in [3.05, 3.63) is 64.7 Å². The summed E-state index contributed by atoms with van der Waals surface area (Å²) in [7, 11) is 0. The first-order chi connectivity index (χ1) is 13.9. The third-order valence-corrected chi connectivity index (χ3v) is 5.55. The van der Waals surface area contributed by atoms with Gasteiger partial charge in [0.25, 0.3) is 5.91 Å². The molecule has 1 amide bonds. The van der Waals surface area contributed by atoms with Gasteiger partial charge in [-0.05, 0) is 56.0 Å². The van der Waals surface area contributed by atoms with E-state index in [9.17, 15) is 13.6 Å². The molecule has 2 aromatic rings. The Labute approximate surface area is 170 Å². The van der Waals surface area contributed by atoms with Crippen molar-refractivity contribution in [3.63, 3.8) is 0 Å². The number of rotatable bonds is 3. The van der Waals surface area contributed by atoms with E-state index >= 15 is 0 Å². The number of fused-ring (bicyclic) bond motifs is 1. The molecule has 2 aliphatic heterocycles. The van der Waals surface area contributed by atoms with Crippen molar-refractivity contribution in [3.8, 4) is 0 Å². The maximum Gasteiger partial charge on any atom is 0.258 e. The molecule has 0 bridgehead atoms. The predicted molar refractivity (Wildman–Crippen MR) is 108 cm³/mol. The molecular formula is C23H26F2N2O2. The van der Waals surface area contributed by atoms with E-state index in [2.05, 4.69) is 18.7 Å². The predicted octanol–water partition coefficient (Wildman–Crippen LogP) is 4.17. The largest absolute Gasteiger partial charge is 0.373 e. The number of nitrogens with zero attached hydrogens (tertiary/aromatic N) is 2. The zero-order valence-electron chi connectivity index (χ0n) is 16.8. The van der Waals surface area contributed by atoms with Gasteiger partial charge in [0.15, 0.2) is 0 Å². The molecule has 1 fully saturated rings. The monoisotopic (exact) mass is 400 g/mol. The number of amides is 1. The van der Waals surface area contributed by atoms with Gasteiger partial charge in [-0.15, -0.1) is 0 Å². The third-order valence-electron chi connectivity index (χ3n) is 5.55. The minimum atomic E-state index is -0.680. The Balaban J connectivity index is 1.50.